The predicted octanol–water partition coefficient (Wildman–Crippen LogP) is 1.86. The Balaban J connectivity index is 0.00000128. The summed E-state index contributed by atoms with van der Waals surface area (Å²) in [5.41, 5.74) is 0.416. The summed E-state index contributed by atoms with van der Waals surface area (Å²) >= 11 is 0. The molecule has 94 valence electrons. The average molecular weight is 247 g/mol. The molecule has 2 aliphatic rings. The van der Waals surface area contributed by atoms with Gasteiger partial charge in [-0.05, 0) is 37.6 Å². The van der Waals surface area contributed by atoms with E-state index in [0.717, 1.165) is 19.5 Å². The molecule has 3 nitrogen and oxygen atoms in total. The number of carbonyl (C=O) groups is 1. The molecule has 0 aromatic heterocycles. The highest BCUT2D eigenvalue weighted by Gasteiger charge is 2.33. The maximum atomic E-state index is 11.7. The average Bonchev–Trinajstić information content (AvgIpc) is 2.61. The normalized spacial score (nSPS) is 26.7. The first-order chi connectivity index (χ1) is 7.26. The van der Waals surface area contributed by atoms with Crippen molar-refractivity contribution in [1.29, 1.82) is 0 Å². The molecule has 0 radical (unpaired) electrons. The standard InChI is InChI=1S/C12H22N2O.ClH/c1-2-12(6-3-4-7-12)9-14-11(15)10-5-8-13-10;/h10,13H,2-9H2,1H3,(H,14,15);1H/t10-;/m1./s1. The molecule has 16 heavy (non-hydrogen) atoms. The molecule has 1 saturated heterocycles. The van der Waals surface area contributed by atoms with Crippen LogP contribution in [0.3, 0.4) is 0 Å². The van der Waals surface area contributed by atoms with Crippen LogP contribution in [0, 0.1) is 5.41 Å². The van der Waals surface area contributed by atoms with Crippen LogP contribution >= 0.6 is 12.4 Å². The molecule has 2 N–H and O–H groups in total. The van der Waals surface area contributed by atoms with Crippen molar-refractivity contribution in [2.24, 2.45) is 5.41 Å². The summed E-state index contributed by atoms with van der Waals surface area (Å²) in [5, 5.41) is 6.26. The first-order valence-electron chi connectivity index (χ1n) is 6.27. The minimum Gasteiger partial charge on any atom is -0.354 e. The topological polar surface area (TPSA) is 41.1 Å². The number of halogens is 1. The van der Waals surface area contributed by atoms with Gasteiger partial charge in [0.15, 0.2) is 0 Å². The fourth-order valence-corrected chi connectivity index (χ4v) is 2.69. The van der Waals surface area contributed by atoms with E-state index in [-0.39, 0.29) is 24.4 Å². The van der Waals surface area contributed by atoms with E-state index in [0.29, 0.717) is 5.41 Å². The molecular weight excluding hydrogens is 224 g/mol. The van der Waals surface area contributed by atoms with Crippen LogP contribution in [0.2, 0.25) is 0 Å². The first-order valence-corrected chi connectivity index (χ1v) is 6.27. The third kappa shape index (κ3) is 2.89. The Morgan fingerprint density at radius 2 is 2.06 bits per heavy atom. The third-order valence-corrected chi connectivity index (χ3v) is 4.19. The summed E-state index contributed by atoms with van der Waals surface area (Å²) in [6.45, 7) is 4.14. The Hall–Kier alpha value is -0.280. The molecule has 0 bridgehead atoms. The monoisotopic (exact) mass is 246 g/mol. The van der Waals surface area contributed by atoms with E-state index in [9.17, 15) is 4.79 Å². The summed E-state index contributed by atoms with van der Waals surface area (Å²) in [5.74, 6) is 0.209. The fourth-order valence-electron chi connectivity index (χ4n) is 2.69. The number of hydrogen-bond acceptors (Lipinski definition) is 2. The van der Waals surface area contributed by atoms with Gasteiger partial charge in [0.2, 0.25) is 5.91 Å². The van der Waals surface area contributed by atoms with Gasteiger partial charge in [0.05, 0.1) is 6.04 Å². The number of carbonyl (C=O) groups excluding carboxylic acids is 1. The van der Waals surface area contributed by atoms with Gasteiger partial charge in [0.25, 0.3) is 0 Å². The molecule has 0 spiro atoms. The molecule has 0 unspecified atom stereocenters. The number of nitrogens with one attached hydrogen (secondary N) is 2. The van der Waals surface area contributed by atoms with E-state index in [1.54, 1.807) is 0 Å². The molecule has 4 heteroatoms. The minimum absolute atomic E-state index is 0. The van der Waals surface area contributed by atoms with Crippen molar-refractivity contribution < 1.29 is 4.79 Å². The second-order valence-corrected chi connectivity index (χ2v) is 5.07. The molecule has 0 aromatic rings. The maximum Gasteiger partial charge on any atom is 0.237 e. The maximum absolute atomic E-state index is 11.7. The zero-order valence-electron chi connectivity index (χ0n) is 10.1. The summed E-state index contributed by atoms with van der Waals surface area (Å²) in [6.07, 6.45) is 7.47. The zero-order valence-corrected chi connectivity index (χ0v) is 10.9. The third-order valence-electron chi connectivity index (χ3n) is 4.19. The Morgan fingerprint density at radius 3 is 2.50 bits per heavy atom. The van der Waals surface area contributed by atoms with Gasteiger partial charge in [-0.15, -0.1) is 12.4 Å². The molecule has 1 saturated carbocycles. The quantitative estimate of drug-likeness (QED) is 0.795. The summed E-state index contributed by atoms with van der Waals surface area (Å²) in [7, 11) is 0. The van der Waals surface area contributed by atoms with Crippen LogP contribution in [-0.2, 0) is 4.79 Å². The predicted molar refractivity (Wildman–Crippen MR) is 67.9 cm³/mol. The van der Waals surface area contributed by atoms with Gasteiger partial charge in [-0.1, -0.05) is 19.8 Å². The summed E-state index contributed by atoms with van der Waals surface area (Å²) in [4.78, 5) is 11.7. The van der Waals surface area contributed by atoms with Crippen LogP contribution in [0.15, 0.2) is 0 Å². The van der Waals surface area contributed by atoms with E-state index in [1.165, 1.54) is 32.1 Å². The summed E-state index contributed by atoms with van der Waals surface area (Å²) in [6, 6.07) is 0.0975. The Kier molecular flexibility index (Phi) is 5.06. The molecule has 1 heterocycles. The lowest BCUT2D eigenvalue weighted by Gasteiger charge is -2.31. The van der Waals surface area contributed by atoms with Crippen molar-refractivity contribution in [3.05, 3.63) is 0 Å². The van der Waals surface area contributed by atoms with Gasteiger partial charge in [0.1, 0.15) is 0 Å². The van der Waals surface area contributed by atoms with Crippen molar-refractivity contribution in [3.63, 3.8) is 0 Å². The van der Waals surface area contributed by atoms with Gasteiger partial charge in [0, 0.05) is 6.54 Å². The van der Waals surface area contributed by atoms with Gasteiger partial charge >= 0.3 is 0 Å². The Bertz CT molecular complexity index is 235. The largest absolute Gasteiger partial charge is 0.354 e. The lowest BCUT2D eigenvalue weighted by Crippen LogP contribution is -2.54. The Morgan fingerprint density at radius 1 is 1.44 bits per heavy atom. The van der Waals surface area contributed by atoms with Crippen molar-refractivity contribution in [1.82, 2.24) is 10.6 Å². The van der Waals surface area contributed by atoms with E-state index >= 15 is 0 Å². The number of amides is 1. The smallest absolute Gasteiger partial charge is 0.237 e. The van der Waals surface area contributed by atoms with Crippen molar-refractivity contribution in [3.8, 4) is 0 Å². The van der Waals surface area contributed by atoms with Crippen molar-refractivity contribution in [2.75, 3.05) is 13.1 Å². The minimum atomic E-state index is 0. The van der Waals surface area contributed by atoms with Crippen LogP contribution < -0.4 is 10.6 Å². The van der Waals surface area contributed by atoms with Crippen molar-refractivity contribution >= 4 is 18.3 Å². The van der Waals surface area contributed by atoms with E-state index in [1.807, 2.05) is 0 Å². The molecule has 1 aliphatic heterocycles. The van der Waals surface area contributed by atoms with Crippen LogP contribution in [-0.4, -0.2) is 25.0 Å². The molecule has 1 amide bonds. The second-order valence-electron chi connectivity index (χ2n) is 5.07. The van der Waals surface area contributed by atoms with E-state index in [2.05, 4.69) is 17.6 Å². The number of hydrogen-bond donors (Lipinski definition) is 2. The van der Waals surface area contributed by atoms with E-state index in [4.69, 9.17) is 0 Å². The second kappa shape index (κ2) is 5.87. The van der Waals surface area contributed by atoms with Gasteiger partial charge in [-0.25, -0.2) is 0 Å². The molecule has 2 rings (SSSR count). The molecular formula is C12H23ClN2O. The van der Waals surface area contributed by atoms with Gasteiger partial charge in [-0.3, -0.25) is 4.79 Å². The van der Waals surface area contributed by atoms with Crippen LogP contribution in [0.5, 0.6) is 0 Å². The molecule has 1 aliphatic carbocycles. The highest BCUT2D eigenvalue weighted by atomic mass is 35.5. The molecule has 2 fully saturated rings. The highest BCUT2D eigenvalue weighted by Crippen LogP contribution is 2.40. The van der Waals surface area contributed by atoms with Gasteiger partial charge < -0.3 is 10.6 Å². The van der Waals surface area contributed by atoms with Crippen LogP contribution in [0.4, 0.5) is 0 Å². The fraction of sp³-hybridized carbons (Fsp3) is 0.917. The number of rotatable bonds is 4. The summed E-state index contributed by atoms with van der Waals surface area (Å²) < 4.78 is 0. The van der Waals surface area contributed by atoms with E-state index < -0.39 is 0 Å². The van der Waals surface area contributed by atoms with Crippen LogP contribution in [0.25, 0.3) is 0 Å². The van der Waals surface area contributed by atoms with Crippen molar-refractivity contribution in [2.45, 2.75) is 51.5 Å². The lowest BCUT2D eigenvalue weighted by molar-refractivity contribution is -0.125. The highest BCUT2D eigenvalue weighted by molar-refractivity contribution is 5.85. The molecule has 0 aromatic carbocycles. The zero-order chi connectivity index (χ0) is 10.7. The lowest BCUT2D eigenvalue weighted by atomic mass is 9.83. The van der Waals surface area contributed by atoms with Gasteiger partial charge in [-0.2, -0.15) is 0 Å². The molecule has 1 atom stereocenters. The Labute approximate surface area is 104 Å². The van der Waals surface area contributed by atoms with Crippen LogP contribution in [0.1, 0.15) is 45.4 Å². The SMILES string of the molecule is CCC1(CNC(=O)[C@H]2CCN2)CCCC1.Cl. The first kappa shape index (κ1) is 13.8.